The Kier molecular flexibility index (Phi) is 7.15. The second-order valence-corrected chi connectivity index (χ2v) is 9.35. The van der Waals surface area contributed by atoms with Crippen LogP contribution < -0.4 is 10.6 Å². The number of nitrogens with zero attached hydrogens (tertiary/aromatic N) is 1. The Labute approximate surface area is 156 Å². The summed E-state index contributed by atoms with van der Waals surface area (Å²) in [6.45, 7) is 2.28. The van der Waals surface area contributed by atoms with Crippen LogP contribution in [-0.2, 0) is 19.4 Å². The molecule has 0 bridgehead atoms. The van der Waals surface area contributed by atoms with Crippen molar-refractivity contribution >= 4 is 38.9 Å². The molecular weight excluding hydrogens is 378 g/mol. The van der Waals surface area contributed by atoms with E-state index in [2.05, 4.69) is 10.6 Å². The van der Waals surface area contributed by atoms with Gasteiger partial charge in [0, 0.05) is 26.1 Å². The minimum atomic E-state index is -3.05. The lowest BCUT2D eigenvalue weighted by atomic mass is 10.2. The molecule has 0 aliphatic carbocycles. The molecule has 0 saturated carbocycles. The van der Waals surface area contributed by atoms with Crippen LogP contribution in [0.5, 0.6) is 0 Å². The van der Waals surface area contributed by atoms with Crippen molar-refractivity contribution in [2.45, 2.75) is 25.8 Å². The fraction of sp³-hybridized carbons (Fsp3) is 0.562. The largest absolute Gasteiger partial charge is 0.351 e. The molecule has 10 heteroatoms. The Balaban J connectivity index is 1.65. The normalized spacial score (nSPS) is 17.3. The fourth-order valence-electron chi connectivity index (χ4n) is 2.53. The van der Waals surface area contributed by atoms with E-state index in [1.165, 1.54) is 16.2 Å². The monoisotopic (exact) mass is 401 g/mol. The van der Waals surface area contributed by atoms with Gasteiger partial charge in [0.05, 0.1) is 16.4 Å². The van der Waals surface area contributed by atoms with E-state index in [-0.39, 0.29) is 48.7 Å². The summed E-state index contributed by atoms with van der Waals surface area (Å²) in [5.41, 5.74) is 0. The van der Waals surface area contributed by atoms with Crippen molar-refractivity contribution in [1.29, 1.82) is 0 Å². The van der Waals surface area contributed by atoms with Crippen molar-refractivity contribution < 1.29 is 22.8 Å². The number of carbonyl (C=O) groups excluding carboxylic acids is 3. The van der Waals surface area contributed by atoms with Crippen molar-refractivity contribution in [3.63, 3.8) is 0 Å². The van der Waals surface area contributed by atoms with Gasteiger partial charge in [-0.15, -0.1) is 11.3 Å². The van der Waals surface area contributed by atoms with E-state index in [9.17, 15) is 22.8 Å². The summed E-state index contributed by atoms with van der Waals surface area (Å²) in [5, 5.41) is 7.18. The Hall–Kier alpha value is -1.94. The van der Waals surface area contributed by atoms with E-state index in [4.69, 9.17) is 0 Å². The van der Waals surface area contributed by atoms with Crippen LogP contribution in [0, 0.1) is 0 Å². The minimum absolute atomic E-state index is 0.0383. The summed E-state index contributed by atoms with van der Waals surface area (Å²) in [7, 11) is -3.05. The zero-order valence-corrected chi connectivity index (χ0v) is 16.2. The molecule has 1 saturated heterocycles. The topological polar surface area (TPSA) is 113 Å². The Morgan fingerprint density at radius 1 is 1.27 bits per heavy atom. The van der Waals surface area contributed by atoms with Gasteiger partial charge in [0.1, 0.15) is 6.04 Å². The molecule has 0 spiro atoms. The molecule has 1 aromatic heterocycles. The first-order valence-corrected chi connectivity index (χ1v) is 11.1. The Bertz CT molecular complexity index is 732. The zero-order chi connectivity index (χ0) is 19.2. The van der Waals surface area contributed by atoms with Crippen molar-refractivity contribution in [2.24, 2.45) is 0 Å². The molecule has 1 fully saturated rings. The maximum atomic E-state index is 12.3. The van der Waals surface area contributed by atoms with Crippen LogP contribution in [0.1, 0.15) is 29.4 Å². The maximum absolute atomic E-state index is 12.3. The number of hydrogen-bond acceptors (Lipinski definition) is 6. The van der Waals surface area contributed by atoms with E-state index in [1.54, 1.807) is 19.1 Å². The first kappa shape index (κ1) is 20.4. The predicted molar refractivity (Wildman–Crippen MR) is 98.7 cm³/mol. The lowest BCUT2D eigenvalue weighted by molar-refractivity contribution is -0.135. The van der Waals surface area contributed by atoms with Gasteiger partial charge in [0.2, 0.25) is 11.8 Å². The van der Waals surface area contributed by atoms with Gasteiger partial charge in [-0.05, 0) is 24.8 Å². The van der Waals surface area contributed by atoms with Gasteiger partial charge < -0.3 is 15.5 Å². The summed E-state index contributed by atoms with van der Waals surface area (Å²) < 4.78 is 22.8. The third kappa shape index (κ3) is 6.10. The predicted octanol–water partition coefficient (Wildman–Crippen LogP) is 0.0198. The van der Waals surface area contributed by atoms with E-state index >= 15 is 0 Å². The van der Waals surface area contributed by atoms with Crippen LogP contribution >= 0.6 is 11.3 Å². The minimum Gasteiger partial charge on any atom is -0.351 e. The van der Waals surface area contributed by atoms with Gasteiger partial charge in [-0.1, -0.05) is 6.07 Å². The number of thiophene rings is 1. The molecule has 1 unspecified atom stereocenters. The highest BCUT2D eigenvalue weighted by molar-refractivity contribution is 7.91. The molecule has 8 nitrogen and oxygen atoms in total. The first-order valence-electron chi connectivity index (χ1n) is 8.39. The smallest absolute Gasteiger partial charge is 0.261 e. The molecule has 2 rings (SSSR count). The molecular formula is C16H23N3O5S2. The van der Waals surface area contributed by atoms with Gasteiger partial charge in [0.25, 0.3) is 5.91 Å². The van der Waals surface area contributed by atoms with Crippen LogP contribution in [0.4, 0.5) is 0 Å². The fourth-order valence-corrected chi connectivity index (χ4v) is 4.37. The molecule has 1 aromatic rings. The van der Waals surface area contributed by atoms with Gasteiger partial charge in [0.15, 0.2) is 9.84 Å². The second kappa shape index (κ2) is 9.13. The highest BCUT2D eigenvalue weighted by Crippen LogP contribution is 2.08. The number of hydrogen-bond donors (Lipinski definition) is 2. The van der Waals surface area contributed by atoms with Crippen LogP contribution in [0.25, 0.3) is 0 Å². The standard InChI is InChI=1S/C16H23N3O5S2/c1-12(16(22)19-7-10-26(23,24)11-8-19)18-14(20)5-2-6-17-15(21)13-4-3-9-25-13/h3-4,9,12H,2,5-8,10-11H2,1H3,(H,17,21)(H,18,20). The van der Waals surface area contributed by atoms with Gasteiger partial charge in [-0.25, -0.2) is 8.42 Å². The van der Waals surface area contributed by atoms with Gasteiger partial charge in [-0.2, -0.15) is 0 Å². The van der Waals surface area contributed by atoms with Crippen LogP contribution in [0.3, 0.4) is 0 Å². The molecule has 144 valence electrons. The van der Waals surface area contributed by atoms with Crippen LogP contribution in [0.15, 0.2) is 17.5 Å². The summed E-state index contributed by atoms with van der Waals surface area (Å²) in [6, 6.07) is 2.82. The van der Waals surface area contributed by atoms with Crippen LogP contribution in [-0.4, -0.2) is 68.2 Å². The average molecular weight is 402 g/mol. The maximum Gasteiger partial charge on any atom is 0.261 e. The third-order valence-electron chi connectivity index (χ3n) is 4.02. The second-order valence-electron chi connectivity index (χ2n) is 6.10. The molecule has 0 aromatic carbocycles. The van der Waals surface area contributed by atoms with Gasteiger partial charge >= 0.3 is 0 Å². The van der Waals surface area contributed by atoms with E-state index in [0.29, 0.717) is 17.8 Å². The van der Waals surface area contributed by atoms with Crippen molar-refractivity contribution in [3.05, 3.63) is 22.4 Å². The Morgan fingerprint density at radius 3 is 2.58 bits per heavy atom. The third-order valence-corrected chi connectivity index (χ3v) is 6.49. The number of rotatable bonds is 7. The summed E-state index contributed by atoms with van der Waals surface area (Å²) in [5.74, 6) is -0.795. The van der Waals surface area contributed by atoms with Crippen molar-refractivity contribution in [2.75, 3.05) is 31.1 Å². The molecule has 1 aliphatic rings. The summed E-state index contributed by atoms with van der Waals surface area (Å²) >= 11 is 1.35. The van der Waals surface area contributed by atoms with Crippen molar-refractivity contribution in [3.8, 4) is 0 Å². The highest BCUT2D eigenvalue weighted by Gasteiger charge is 2.28. The number of amides is 3. The first-order chi connectivity index (χ1) is 12.3. The SMILES string of the molecule is CC(NC(=O)CCCNC(=O)c1cccs1)C(=O)N1CCS(=O)(=O)CC1. The number of nitrogens with one attached hydrogen (secondary N) is 2. The molecule has 1 aliphatic heterocycles. The molecule has 2 heterocycles. The Morgan fingerprint density at radius 2 is 1.96 bits per heavy atom. The molecule has 26 heavy (non-hydrogen) atoms. The zero-order valence-electron chi connectivity index (χ0n) is 14.6. The molecule has 3 amide bonds. The molecule has 0 radical (unpaired) electrons. The number of sulfone groups is 1. The molecule has 2 N–H and O–H groups in total. The average Bonchev–Trinajstić information content (AvgIpc) is 3.12. The van der Waals surface area contributed by atoms with E-state index in [1.807, 2.05) is 5.38 Å². The quantitative estimate of drug-likeness (QED) is 0.626. The number of carbonyl (C=O) groups is 3. The van der Waals surface area contributed by atoms with E-state index in [0.717, 1.165) is 0 Å². The molecule has 1 atom stereocenters. The summed E-state index contributed by atoms with van der Waals surface area (Å²) in [4.78, 5) is 38.0. The van der Waals surface area contributed by atoms with Gasteiger partial charge in [-0.3, -0.25) is 14.4 Å². The lowest BCUT2D eigenvalue weighted by Gasteiger charge is -2.29. The van der Waals surface area contributed by atoms with E-state index < -0.39 is 15.9 Å². The van der Waals surface area contributed by atoms with Crippen LogP contribution in [0.2, 0.25) is 0 Å². The van der Waals surface area contributed by atoms with Crippen molar-refractivity contribution in [1.82, 2.24) is 15.5 Å². The lowest BCUT2D eigenvalue weighted by Crippen LogP contribution is -2.51. The highest BCUT2D eigenvalue weighted by atomic mass is 32.2. The summed E-state index contributed by atoms with van der Waals surface area (Å²) in [6.07, 6.45) is 0.655.